The second-order valence-electron chi connectivity index (χ2n) is 8.01. The number of benzene rings is 3. The Morgan fingerprint density at radius 3 is 2.59 bits per heavy atom. The SMILES string of the molecule is COc1ccc(-c2cc(-c3nnc(SCC(=O)Nc4cccc(Br)c4)o3)n(Cc3ccccc3)n2)cc1. The Labute approximate surface area is 226 Å². The van der Waals surface area contributed by atoms with Crippen LogP contribution < -0.4 is 10.1 Å². The average molecular weight is 576 g/mol. The van der Waals surface area contributed by atoms with E-state index in [1.165, 1.54) is 11.8 Å². The number of hydrogen-bond acceptors (Lipinski definition) is 7. The van der Waals surface area contributed by atoms with Crippen LogP contribution in [0.2, 0.25) is 0 Å². The molecule has 0 bridgehead atoms. The van der Waals surface area contributed by atoms with Crippen LogP contribution in [0.4, 0.5) is 5.69 Å². The maximum absolute atomic E-state index is 12.4. The summed E-state index contributed by atoms with van der Waals surface area (Å²) >= 11 is 4.58. The highest BCUT2D eigenvalue weighted by Gasteiger charge is 2.18. The summed E-state index contributed by atoms with van der Waals surface area (Å²) in [6.07, 6.45) is 0. The zero-order chi connectivity index (χ0) is 25.6. The van der Waals surface area contributed by atoms with Gasteiger partial charge in [0, 0.05) is 15.7 Å². The Bertz CT molecular complexity index is 1500. The lowest BCUT2D eigenvalue weighted by molar-refractivity contribution is -0.113. The molecule has 186 valence electrons. The maximum atomic E-state index is 12.4. The van der Waals surface area contributed by atoms with Crippen molar-refractivity contribution in [1.82, 2.24) is 20.0 Å². The van der Waals surface area contributed by atoms with E-state index in [9.17, 15) is 4.79 Å². The van der Waals surface area contributed by atoms with Gasteiger partial charge in [0.05, 0.1) is 25.1 Å². The van der Waals surface area contributed by atoms with E-state index in [4.69, 9.17) is 14.3 Å². The van der Waals surface area contributed by atoms with Crippen LogP contribution in [0.15, 0.2) is 99.0 Å². The highest BCUT2D eigenvalue weighted by molar-refractivity contribution is 9.10. The van der Waals surface area contributed by atoms with Gasteiger partial charge in [-0.2, -0.15) is 5.10 Å². The Morgan fingerprint density at radius 1 is 1.03 bits per heavy atom. The van der Waals surface area contributed by atoms with Gasteiger partial charge in [0.25, 0.3) is 11.1 Å². The summed E-state index contributed by atoms with van der Waals surface area (Å²) in [5.74, 6) is 1.07. The fourth-order valence-electron chi connectivity index (χ4n) is 3.63. The van der Waals surface area contributed by atoms with Gasteiger partial charge in [-0.25, -0.2) is 0 Å². The standard InChI is InChI=1S/C27H22BrN5O3S/c1-35-22-12-10-19(11-13-22)23-15-24(33(32-23)16-18-6-3-2-4-7-18)26-30-31-27(36-26)37-17-25(34)29-21-9-5-8-20(28)14-21/h2-15H,16-17H2,1H3,(H,29,34). The number of methoxy groups -OCH3 is 1. The minimum Gasteiger partial charge on any atom is -0.497 e. The van der Waals surface area contributed by atoms with Crippen LogP contribution in [0.1, 0.15) is 5.56 Å². The quantitative estimate of drug-likeness (QED) is 0.210. The molecule has 0 aliphatic heterocycles. The zero-order valence-corrected chi connectivity index (χ0v) is 22.2. The van der Waals surface area contributed by atoms with Crippen LogP contribution in [0.5, 0.6) is 5.75 Å². The highest BCUT2D eigenvalue weighted by atomic mass is 79.9. The van der Waals surface area contributed by atoms with Gasteiger partial charge in [-0.15, -0.1) is 10.2 Å². The number of aromatic nitrogens is 4. The molecule has 2 heterocycles. The molecule has 0 spiro atoms. The smallest absolute Gasteiger partial charge is 0.277 e. The number of anilines is 1. The van der Waals surface area contributed by atoms with E-state index >= 15 is 0 Å². The molecule has 2 aromatic heterocycles. The minimum atomic E-state index is -0.168. The molecule has 5 aromatic rings. The summed E-state index contributed by atoms with van der Waals surface area (Å²) in [5.41, 5.74) is 4.20. The maximum Gasteiger partial charge on any atom is 0.277 e. The zero-order valence-electron chi connectivity index (χ0n) is 19.8. The largest absolute Gasteiger partial charge is 0.497 e. The van der Waals surface area contributed by atoms with Crippen LogP contribution in [0, 0.1) is 0 Å². The van der Waals surface area contributed by atoms with Gasteiger partial charge in [-0.3, -0.25) is 9.48 Å². The molecule has 0 saturated carbocycles. The van der Waals surface area contributed by atoms with Gasteiger partial charge < -0.3 is 14.5 Å². The number of carbonyl (C=O) groups is 1. The molecule has 8 nitrogen and oxygen atoms in total. The molecule has 10 heteroatoms. The molecular formula is C27H22BrN5O3S. The molecule has 0 unspecified atom stereocenters. The molecule has 3 aromatic carbocycles. The van der Waals surface area contributed by atoms with Crippen molar-refractivity contribution in [2.75, 3.05) is 18.2 Å². The summed E-state index contributed by atoms with van der Waals surface area (Å²) in [7, 11) is 1.64. The fraction of sp³-hybridized carbons (Fsp3) is 0.111. The van der Waals surface area contributed by atoms with Crippen molar-refractivity contribution >= 4 is 39.3 Å². The van der Waals surface area contributed by atoms with Crippen LogP contribution in [0.25, 0.3) is 22.8 Å². The van der Waals surface area contributed by atoms with E-state index in [0.29, 0.717) is 29.0 Å². The first-order valence-corrected chi connectivity index (χ1v) is 13.1. The second-order valence-corrected chi connectivity index (χ2v) is 9.85. The van der Waals surface area contributed by atoms with Crippen molar-refractivity contribution in [2.45, 2.75) is 11.8 Å². The molecule has 37 heavy (non-hydrogen) atoms. The topological polar surface area (TPSA) is 95.1 Å². The number of carbonyl (C=O) groups excluding carboxylic acids is 1. The van der Waals surface area contributed by atoms with E-state index in [0.717, 1.165) is 27.0 Å². The fourth-order valence-corrected chi connectivity index (χ4v) is 4.59. The first kappa shape index (κ1) is 24.8. The second kappa shape index (κ2) is 11.4. The molecule has 0 aliphatic carbocycles. The molecule has 0 saturated heterocycles. The van der Waals surface area contributed by atoms with Crippen LogP contribution >= 0.6 is 27.7 Å². The lowest BCUT2D eigenvalue weighted by atomic mass is 10.1. The van der Waals surface area contributed by atoms with E-state index < -0.39 is 0 Å². The van der Waals surface area contributed by atoms with Gasteiger partial charge in [0.1, 0.15) is 11.4 Å². The van der Waals surface area contributed by atoms with Crippen molar-refractivity contribution < 1.29 is 13.9 Å². The first-order valence-electron chi connectivity index (χ1n) is 11.4. The van der Waals surface area contributed by atoms with Crippen molar-refractivity contribution in [2.24, 2.45) is 0 Å². The number of hydrogen-bond donors (Lipinski definition) is 1. The molecule has 1 amide bonds. The lowest BCUT2D eigenvalue weighted by Gasteiger charge is -2.05. The molecule has 1 N–H and O–H groups in total. The highest BCUT2D eigenvalue weighted by Crippen LogP contribution is 2.29. The van der Waals surface area contributed by atoms with Crippen molar-refractivity contribution in [3.8, 4) is 28.6 Å². The predicted molar refractivity (Wildman–Crippen MR) is 147 cm³/mol. The Kier molecular flexibility index (Phi) is 7.67. The third kappa shape index (κ3) is 6.28. The van der Waals surface area contributed by atoms with Gasteiger partial charge in [0.15, 0.2) is 0 Å². The summed E-state index contributed by atoms with van der Waals surface area (Å²) in [4.78, 5) is 12.4. The van der Waals surface area contributed by atoms with E-state index in [1.807, 2.05) is 89.6 Å². The Balaban J connectivity index is 1.35. The molecule has 0 fully saturated rings. The number of nitrogens with zero attached hydrogens (tertiary/aromatic N) is 4. The number of amides is 1. The van der Waals surface area contributed by atoms with E-state index in [-0.39, 0.29) is 11.7 Å². The monoisotopic (exact) mass is 575 g/mol. The summed E-state index contributed by atoms with van der Waals surface area (Å²) < 4.78 is 13.9. The van der Waals surface area contributed by atoms with Crippen LogP contribution in [-0.4, -0.2) is 38.7 Å². The number of rotatable bonds is 9. The predicted octanol–water partition coefficient (Wildman–Crippen LogP) is 6.15. The van der Waals surface area contributed by atoms with Gasteiger partial charge in [-0.05, 0) is 54.1 Å². The lowest BCUT2D eigenvalue weighted by Crippen LogP contribution is -2.13. The summed E-state index contributed by atoms with van der Waals surface area (Å²) in [6.45, 7) is 0.534. The number of nitrogens with one attached hydrogen (secondary N) is 1. The van der Waals surface area contributed by atoms with E-state index in [2.05, 4.69) is 31.4 Å². The summed E-state index contributed by atoms with van der Waals surface area (Å²) in [5, 5.41) is 16.4. The molecule has 0 aliphatic rings. The molecule has 5 rings (SSSR count). The number of thioether (sulfide) groups is 1. The normalized spacial score (nSPS) is 10.9. The minimum absolute atomic E-state index is 0.133. The van der Waals surface area contributed by atoms with Crippen molar-refractivity contribution in [1.29, 1.82) is 0 Å². The van der Waals surface area contributed by atoms with Gasteiger partial charge in [-0.1, -0.05) is 64.1 Å². The van der Waals surface area contributed by atoms with E-state index in [1.54, 1.807) is 7.11 Å². The third-order valence-electron chi connectivity index (χ3n) is 5.40. The molecule has 0 radical (unpaired) electrons. The van der Waals surface area contributed by atoms with Gasteiger partial charge in [0.2, 0.25) is 5.91 Å². The molecular weight excluding hydrogens is 554 g/mol. The average Bonchev–Trinajstić information content (AvgIpc) is 3.55. The van der Waals surface area contributed by atoms with Crippen LogP contribution in [-0.2, 0) is 11.3 Å². The number of halogens is 1. The number of ether oxygens (including phenoxy) is 1. The van der Waals surface area contributed by atoms with Crippen molar-refractivity contribution in [3.05, 3.63) is 95.0 Å². The third-order valence-corrected chi connectivity index (χ3v) is 6.71. The molecule has 0 atom stereocenters. The van der Waals surface area contributed by atoms with Crippen LogP contribution in [0.3, 0.4) is 0 Å². The Morgan fingerprint density at radius 2 is 1.84 bits per heavy atom. The summed E-state index contributed by atoms with van der Waals surface area (Å²) in [6, 6.07) is 27.1. The Hall–Kier alpha value is -3.89. The van der Waals surface area contributed by atoms with Crippen molar-refractivity contribution in [3.63, 3.8) is 0 Å². The van der Waals surface area contributed by atoms with Gasteiger partial charge >= 0.3 is 0 Å². The first-order chi connectivity index (χ1) is 18.1.